The number of hydrogen-bond acceptors (Lipinski definition) is 20. The van der Waals surface area contributed by atoms with Crippen LogP contribution in [0.1, 0.15) is 110 Å². The molecule has 0 aliphatic carbocycles. The number of anilines is 1. The van der Waals surface area contributed by atoms with Gasteiger partial charge in [-0.15, -0.1) is 0 Å². The fourth-order valence-electron chi connectivity index (χ4n) is 6.72. The van der Waals surface area contributed by atoms with Crippen LogP contribution in [0.2, 0.25) is 0 Å². The average Bonchev–Trinajstić information content (AvgIpc) is 3.80. The second-order valence-electron chi connectivity index (χ2n) is 16.6. The molecule has 3 heterocycles. The van der Waals surface area contributed by atoms with Gasteiger partial charge in [-0.05, 0) is 12.8 Å². The minimum Gasteiger partial charge on any atom is -0.481 e. The number of phosphoric ester groups is 3. The van der Waals surface area contributed by atoms with E-state index in [1.165, 1.54) is 13.8 Å². The third kappa shape index (κ3) is 21.5. The number of ether oxygens (including phenoxy) is 1. The van der Waals surface area contributed by atoms with E-state index in [1.807, 2.05) is 0 Å². The van der Waals surface area contributed by atoms with Gasteiger partial charge in [0.25, 0.3) is 0 Å². The topological polar surface area (TPSA) is 421 Å². The third-order valence-corrected chi connectivity index (χ3v) is 14.3. The smallest absolute Gasteiger partial charge is 0.481 e. The van der Waals surface area contributed by atoms with Crippen LogP contribution in [0.5, 0.6) is 0 Å². The van der Waals surface area contributed by atoms with E-state index in [2.05, 4.69) is 34.4 Å². The molecule has 68 heavy (non-hydrogen) atoms. The van der Waals surface area contributed by atoms with Crippen LogP contribution in [-0.4, -0.2) is 145 Å². The van der Waals surface area contributed by atoms with Crippen molar-refractivity contribution in [3.8, 4) is 0 Å². The highest BCUT2D eigenvalue weighted by molar-refractivity contribution is 8.13. The van der Waals surface area contributed by atoms with Gasteiger partial charge in [0.05, 0.1) is 25.6 Å². The van der Waals surface area contributed by atoms with Crippen molar-refractivity contribution in [3.05, 3.63) is 12.7 Å². The van der Waals surface area contributed by atoms with Crippen LogP contribution in [-0.2, 0) is 55.5 Å². The van der Waals surface area contributed by atoms with E-state index in [9.17, 15) is 67.8 Å². The van der Waals surface area contributed by atoms with Crippen molar-refractivity contribution in [3.63, 3.8) is 0 Å². The highest BCUT2D eigenvalue weighted by Gasteiger charge is 2.50. The monoisotopic (exact) mass is 1050 g/mol. The van der Waals surface area contributed by atoms with Gasteiger partial charge in [-0.1, -0.05) is 83.4 Å². The molecule has 0 spiro atoms. The molecule has 1 aliphatic rings. The molecule has 2 amide bonds. The fourth-order valence-corrected chi connectivity index (χ4v) is 10.3. The fraction of sp³-hybridized carbons (Fsp3) is 0.757. The summed E-state index contributed by atoms with van der Waals surface area (Å²) in [6.45, 7) is 0.323. The van der Waals surface area contributed by atoms with E-state index in [0.717, 1.165) is 86.8 Å². The van der Waals surface area contributed by atoms with Crippen molar-refractivity contribution in [1.29, 1.82) is 0 Å². The Labute approximate surface area is 396 Å². The molecule has 0 aromatic carbocycles. The average molecular weight is 1050 g/mol. The predicted octanol–water partition coefficient (Wildman–Crippen LogP) is 2.18. The maximum Gasteiger partial charge on any atom is 0.481 e. The van der Waals surface area contributed by atoms with Gasteiger partial charge in [0.15, 0.2) is 22.8 Å². The number of aromatic nitrogens is 4. The lowest BCUT2D eigenvalue weighted by Crippen LogP contribution is -2.46. The lowest BCUT2D eigenvalue weighted by Gasteiger charge is -2.30. The van der Waals surface area contributed by atoms with Crippen LogP contribution < -0.4 is 16.4 Å². The maximum absolute atomic E-state index is 12.7. The summed E-state index contributed by atoms with van der Waals surface area (Å²) in [5.41, 5.74) is 4.23. The Balaban J connectivity index is 1.31. The molecule has 2 aromatic heterocycles. The van der Waals surface area contributed by atoms with E-state index in [1.54, 1.807) is 0 Å². The van der Waals surface area contributed by atoms with Crippen LogP contribution in [0.15, 0.2) is 12.7 Å². The number of rotatable bonds is 34. The number of imidazole rings is 1. The molecule has 1 fully saturated rings. The largest absolute Gasteiger partial charge is 0.481 e. The second-order valence-corrected chi connectivity index (χ2v) is 22.0. The number of carboxylic acids is 1. The van der Waals surface area contributed by atoms with E-state index < -0.39 is 96.6 Å². The number of amides is 2. The highest BCUT2D eigenvalue weighted by Crippen LogP contribution is 2.61. The minimum atomic E-state index is -5.60. The summed E-state index contributed by atoms with van der Waals surface area (Å²) in [6.07, 6.45) is 2.82. The number of carboxylic acid groups (broad SMARTS) is 1. The molecule has 31 heteroatoms. The van der Waals surface area contributed by atoms with Crippen LogP contribution >= 0.6 is 35.2 Å². The van der Waals surface area contributed by atoms with Crippen molar-refractivity contribution in [2.75, 3.05) is 37.8 Å². The number of fused-ring (bicyclic) bond motifs is 1. The van der Waals surface area contributed by atoms with E-state index in [-0.39, 0.29) is 60.2 Å². The predicted molar refractivity (Wildman–Crippen MR) is 241 cm³/mol. The van der Waals surface area contributed by atoms with Crippen LogP contribution in [0.4, 0.5) is 5.82 Å². The molecule has 3 rings (SSSR count). The molecule has 8 atom stereocenters. The first-order valence-corrected chi connectivity index (χ1v) is 27.3. The summed E-state index contributed by atoms with van der Waals surface area (Å²) in [4.78, 5) is 98.8. The Morgan fingerprint density at radius 1 is 0.882 bits per heavy atom. The maximum atomic E-state index is 12.7. The summed E-state index contributed by atoms with van der Waals surface area (Å²) in [7, 11) is -16.5. The molecule has 0 saturated carbocycles. The van der Waals surface area contributed by atoms with Crippen LogP contribution in [0.25, 0.3) is 11.2 Å². The van der Waals surface area contributed by atoms with Gasteiger partial charge in [-0.2, -0.15) is 4.31 Å². The summed E-state index contributed by atoms with van der Waals surface area (Å²) < 4.78 is 62.3. The Hall–Kier alpha value is -3.01. The van der Waals surface area contributed by atoms with E-state index >= 15 is 0 Å². The number of nitrogens with two attached hydrogens (primary N) is 1. The molecule has 0 bridgehead atoms. The van der Waals surface area contributed by atoms with Crippen molar-refractivity contribution < 1.29 is 95.5 Å². The third-order valence-electron chi connectivity index (χ3n) is 10.3. The SMILES string of the molecule is CC(C)(COP(=O)(O)OP(=O)(O)OC[C@H]1O[C@@H](n2cnc3c(N)ncnc32)[C@H](O)[C@@H]1OP(=O)(O)O)[C@@H](O)C(=O)NCCC(=O)NCCSC(=O)C[C@@H](O)CCCCCCCCCCCCC(=O)O. The number of thioether (sulfide) groups is 1. The molecule has 388 valence electrons. The molecule has 2 aromatic rings. The Bertz CT molecular complexity index is 2100. The minimum absolute atomic E-state index is 0.0115. The number of carbonyl (C=O) groups is 4. The number of phosphoric acid groups is 3. The van der Waals surface area contributed by atoms with Crippen molar-refractivity contribution in [2.24, 2.45) is 5.41 Å². The first-order valence-electron chi connectivity index (χ1n) is 21.8. The number of nitrogens with zero attached hydrogens (tertiary/aromatic N) is 4. The number of aliphatic carboxylic acids is 1. The molecule has 1 saturated heterocycles. The van der Waals surface area contributed by atoms with Crippen molar-refractivity contribution >= 4 is 75.1 Å². The first kappa shape index (κ1) is 59.3. The van der Waals surface area contributed by atoms with Gasteiger partial charge < -0.3 is 61.1 Å². The zero-order chi connectivity index (χ0) is 50.7. The number of carbonyl (C=O) groups excluding carboxylic acids is 3. The first-order chi connectivity index (χ1) is 31.8. The van der Waals surface area contributed by atoms with Crippen LogP contribution in [0, 0.1) is 5.41 Å². The van der Waals surface area contributed by atoms with Gasteiger partial charge in [0.1, 0.15) is 36.3 Å². The summed E-state index contributed by atoms with van der Waals surface area (Å²) >= 11 is 0.971. The molecule has 0 radical (unpaired) electrons. The number of aliphatic hydroxyl groups is 3. The summed E-state index contributed by atoms with van der Waals surface area (Å²) in [5.74, 6) is -2.04. The quantitative estimate of drug-likeness (QED) is 0.0353. The number of hydrogen-bond donors (Lipinski definition) is 11. The number of unbranched alkanes of at least 4 members (excludes halogenated alkanes) is 9. The Kier molecular flexibility index (Phi) is 24.5. The van der Waals surface area contributed by atoms with Gasteiger partial charge in [-0.25, -0.2) is 28.6 Å². The van der Waals surface area contributed by atoms with Gasteiger partial charge in [0.2, 0.25) is 11.8 Å². The molecular weight excluding hydrogens is 987 g/mol. The van der Waals surface area contributed by atoms with Crippen molar-refractivity contribution in [1.82, 2.24) is 30.2 Å². The van der Waals surface area contributed by atoms with Crippen molar-refractivity contribution in [2.45, 2.75) is 140 Å². The molecule has 12 N–H and O–H groups in total. The van der Waals surface area contributed by atoms with Gasteiger partial charge >= 0.3 is 29.4 Å². The Morgan fingerprint density at radius 2 is 1.50 bits per heavy atom. The van der Waals surface area contributed by atoms with Gasteiger partial charge in [0, 0.05) is 43.5 Å². The molecule has 1 aliphatic heterocycles. The normalized spacial score (nSPS) is 20.4. The summed E-state index contributed by atoms with van der Waals surface area (Å²) in [6, 6.07) is 0. The van der Waals surface area contributed by atoms with Gasteiger partial charge in [-0.3, -0.25) is 37.3 Å². The standard InChI is InChI=1S/C37H64N7O20P3S/c1-37(2,32(51)35(52)40-16-15-26(46)39-17-18-68-28(49)19-24(45)13-11-9-7-5-3-4-6-8-10-12-14-27(47)48)21-61-67(58,59)64-66(56,57)60-20-25-31(63-65(53,54)55)30(50)36(62-25)44-23-43-29-33(38)41-22-42-34(29)44/h22-25,30-32,36,45,50-51H,3-21H2,1-2H3,(H,39,46)(H,40,52)(H,47,48)(H,56,57)(H,58,59)(H2,38,41,42)(H2,53,54,55)/t24-,25+,30+,31+,32-,36+/m0/s1. The highest BCUT2D eigenvalue weighted by atomic mass is 32.2. The molecule has 27 nitrogen and oxygen atoms in total. The van der Waals surface area contributed by atoms with E-state index in [0.29, 0.717) is 12.8 Å². The number of nitrogens with one attached hydrogen (secondary N) is 2. The van der Waals surface area contributed by atoms with E-state index in [4.69, 9.17) is 24.6 Å². The zero-order valence-electron chi connectivity index (χ0n) is 37.6. The zero-order valence-corrected chi connectivity index (χ0v) is 41.1. The Morgan fingerprint density at radius 3 is 2.13 bits per heavy atom. The second kappa shape index (κ2) is 28.1. The van der Waals surface area contributed by atoms with Crippen LogP contribution in [0.3, 0.4) is 0 Å². The summed E-state index contributed by atoms with van der Waals surface area (Å²) in [5, 5.41) is 45.1. The number of nitrogen functional groups attached to an aromatic ring is 1. The molecular formula is C37H64N7O20P3S. The number of aliphatic hydroxyl groups excluding tert-OH is 3. The lowest BCUT2D eigenvalue weighted by molar-refractivity contribution is -0.137. The lowest BCUT2D eigenvalue weighted by atomic mass is 9.87. The molecule has 2 unspecified atom stereocenters.